The molecule has 0 saturated heterocycles. The van der Waals surface area contributed by atoms with Crippen molar-refractivity contribution in [1.82, 2.24) is 5.32 Å². The molecule has 3 N–H and O–H groups in total. The van der Waals surface area contributed by atoms with Gasteiger partial charge in [0.05, 0.1) is 20.9 Å². The fraction of sp³-hybridized carbons (Fsp3) is 0.333. The molecule has 0 radical (unpaired) electrons. The van der Waals surface area contributed by atoms with Gasteiger partial charge < -0.3 is 11.1 Å². The van der Waals surface area contributed by atoms with Crippen molar-refractivity contribution in [2.75, 3.05) is 0 Å². The Balaban J connectivity index is 2.79. The van der Waals surface area contributed by atoms with Crippen LogP contribution in [-0.4, -0.2) is 16.9 Å². The zero-order valence-corrected chi connectivity index (χ0v) is 11.6. The minimum Gasteiger partial charge on any atom is -0.392 e. The number of nitrogens with two attached hydrogens (primary N) is 1. The lowest BCUT2D eigenvalue weighted by molar-refractivity contribution is 0.0947. The van der Waals surface area contributed by atoms with Crippen LogP contribution in [0.5, 0.6) is 0 Å². The largest absolute Gasteiger partial charge is 0.392 e. The van der Waals surface area contributed by atoms with E-state index in [-0.39, 0.29) is 16.9 Å². The summed E-state index contributed by atoms with van der Waals surface area (Å²) >= 11 is 17.6. The summed E-state index contributed by atoms with van der Waals surface area (Å²) in [7, 11) is 0. The van der Waals surface area contributed by atoms with Gasteiger partial charge in [0.2, 0.25) is 0 Å². The molecular formula is C9H10Cl2N2OS2. The van der Waals surface area contributed by atoms with Gasteiger partial charge in [-0.2, -0.15) is 0 Å². The van der Waals surface area contributed by atoms with Crippen molar-refractivity contribution in [2.45, 2.75) is 19.4 Å². The van der Waals surface area contributed by atoms with Gasteiger partial charge in [0.1, 0.15) is 4.34 Å². The number of thiocarbonyl (C=S) groups is 1. The summed E-state index contributed by atoms with van der Waals surface area (Å²) in [6.45, 7) is 1.88. The molecule has 0 aromatic carbocycles. The molecule has 1 amide bonds. The third-order valence-corrected chi connectivity index (χ3v) is 3.73. The van der Waals surface area contributed by atoms with Gasteiger partial charge in [0, 0.05) is 0 Å². The third-order valence-electron chi connectivity index (χ3n) is 1.96. The van der Waals surface area contributed by atoms with E-state index in [9.17, 15) is 4.79 Å². The van der Waals surface area contributed by atoms with E-state index in [1.54, 1.807) is 0 Å². The normalized spacial score (nSPS) is 12.2. The molecule has 1 aromatic heterocycles. The first-order chi connectivity index (χ1) is 7.45. The van der Waals surface area contributed by atoms with Crippen LogP contribution in [0.1, 0.15) is 23.7 Å². The number of carbonyl (C=O) groups excluding carboxylic acids is 1. The second-order valence-corrected chi connectivity index (χ2v) is 5.83. The molecule has 0 aliphatic heterocycles. The molecule has 1 rings (SSSR count). The highest BCUT2D eigenvalue weighted by atomic mass is 35.5. The van der Waals surface area contributed by atoms with Crippen LogP contribution in [0.2, 0.25) is 8.67 Å². The molecule has 0 aliphatic rings. The monoisotopic (exact) mass is 296 g/mol. The van der Waals surface area contributed by atoms with Gasteiger partial charge in [-0.05, 0) is 12.5 Å². The van der Waals surface area contributed by atoms with E-state index in [0.717, 1.165) is 11.3 Å². The maximum absolute atomic E-state index is 11.8. The molecular weight excluding hydrogens is 287 g/mol. The predicted molar refractivity (Wildman–Crippen MR) is 72.7 cm³/mol. The maximum Gasteiger partial charge on any atom is 0.254 e. The topological polar surface area (TPSA) is 55.1 Å². The van der Waals surface area contributed by atoms with E-state index in [2.05, 4.69) is 5.32 Å². The van der Waals surface area contributed by atoms with E-state index in [4.69, 9.17) is 41.2 Å². The van der Waals surface area contributed by atoms with Crippen molar-refractivity contribution < 1.29 is 4.79 Å². The Hall–Kier alpha value is -0.360. The summed E-state index contributed by atoms with van der Waals surface area (Å²) in [4.78, 5) is 12.0. The molecule has 88 valence electrons. The Morgan fingerprint density at radius 3 is 2.69 bits per heavy atom. The van der Waals surface area contributed by atoms with E-state index >= 15 is 0 Å². The van der Waals surface area contributed by atoms with Crippen molar-refractivity contribution in [3.05, 3.63) is 20.3 Å². The van der Waals surface area contributed by atoms with Crippen molar-refractivity contribution in [2.24, 2.45) is 5.73 Å². The number of hydrogen-bond acceptors (Lipinski definition) is 3. The molecule has 3 nitrogen and oxygen atoms in total. The average molecular weight is 297 g/mol. The fourth-order valence-electron chi connectivity index (χ4n) is 1.11. The van der Waals surface area contributed by atoms with Crippen LogP contribution in [0, 0.1) is 0 Å². The van der Waals surface area contributed by atoms with E-state index in [0.29, 0.717) is 20.7 Å². The quantitative estimate of drug-likeness (QED) is 0.840. The van der Waals surface area contributed by atoms with Crippen molar-refractivity contribution in [1.29, 1.82) is 0 Å². The summed E-state index contributed by atoms with van der Waals surface area (Å²) in [6, 6.07) is 1.20. The van der Waals surface area contributed by atoms with E-state index < -0.39 is 0 Å². The van der Waals surface area contributed by atoms with Crippen LogP contribution in [-0.2, 0) is 0 Å². The fourth-order valence-corrected chi connectivity index (χ4v) is 2.79. The van der Waals surface area contributed by atoms with Crippen molar-refractivity contribution >= 4 is 57.7 Å². The van der Waals surface area contributed by atoms with Gasteiger partial charge in [-0.3, -0.25) is 4.79 Å². The SMILES string of the molecule is CCC(NC(=O)c1cc(Cl)sc1Cl)C(N)=S. The number of carbonyl (C=O) groups is 1. The summed E-state index contributed by atoms with van der Waals surface area (Å²) in [5.74, 6) is -0.312. The van der Waals surface area contributed by atoms with Gasteiger partial charge in [-0.15, -0.1) is 11.3 Å². The minimum atomic E-state index is -0.322. The number of thiophene rings is 1. The Labute approximate surface area is 113 Å². The Kier molecular flexibility index (Phi) is 4.98. The molecule has 1 atom stereocenters. The smallest absolute Gasteiger partial charge is 0.254 e. The van der Waals surface area contributed by atoms with Crippen molar-refractivity contribution in [3.63, 3.8) is 0 Å². The molecule has 1 aromatic rings. The Bertz CT molecular complexity index is 420. The Morgan fingerprint density at radius 2 is 2.31 bits per heavy atom. The van der Waals surface area contributed by atoms with Gasteiger partial charge in [0.25, 0.3) is 5.91 Å². The average Bonchev–Trinajstić information content (AvgIpc) is 2.53. The molecule has 16 heavy (non-hydrogen) atoms. The highest BCUT2D eigenvalue weighted by Gasteiger charge is 2.18. The highest BCUT2D eigenvalue weighted by Crippen LogP contribution is 2.31. The Morgan fingerprint density at radius 1 is 1.69 bits per heavy atom. The summed E-state index contributed by atoms with van der Waals surface area (Å²) < 4.78 is 0.832. The number of rotatable bonds is 4. The zero-order valence-electron chi connectivity index (χ0n) is 8.42. The highest BCUT2D eigenvalue weighted by molar-refractivity contribution is 7.80. The molecule has 1 heterocycles. The lowest BCUT2D eigenvalue weighted by Gasteiger charge is -2.14. The van der Waals surface area contributed by atoms with Crippen LogP contribution in [0.15, 0.2) is 6.07 Å². The third kappa shape index (κ3) is 3.31. The molecule has 0 aliphatic carbocycles. The van der Waals surface area contributed by atoms with Crippen LogP contribution in [0.4, 0.5) is 0 Å². The van der Waals surface area contributed by atoms with Gasteiger partial charge >= 0.3 is 0 Å². The summed E-state index contributed by atoms with van der Waals surface area (Å²) in [6.07, 6.45) is 0.635. The zero-order chi connectivity index (χ0) is 12.3. The van der Waals surface area contributed by atoms with Crippen LogP contribution < -0.4 is 11.1 Å². The van der Waals surface area contributed by atoms with Crippen LogP contribution in [0.3, 0.4) is 0 Å². The predicted octanol–water partition coefficient (Wildman–Crippen LogP) is 2.85. The van der Waals surface area contributed by atoms with Crippen LogP contribution >= 0.6 is 46.8 Å². The molecule has 1 unspecified atom stereocenters. The number of amides is 1. The molecule has 0 saturated carbocycles. The van der Waals surface area contributed by atoms with Gasteiger partial charge in [0.15, 0.2) is 0 Å². The second-order valence-electron chi connectivity index (χ2n) is 3.07. The first-order valence-electron chi connectivity index (χ1n) is 4.50. The number of hydrogen-bond donors (Lipinski definition) is 2. The molecule has 7 heteroatoms. The van der Waals surface area contributed by atoms with Gasteiger partial charge in [-0.1, -0.05) is 42.3 Å². The summed E-state index contributed by atoms with van der Waals surface area (Å²) in [5, 5.41) is 2.70. The van der Waals surface area contributed by atoms with Gasteiger partial charge in [-0.25, -0.2) is 0 Å². The lowest BCUT2D eigenvalue weighted by Crippen LogP contribution is -2.42. The van der Waals surface area contributed by atoms with Crippen LogP contribution in [0.25, 0.3) is 0 Å². The van der Waals surface area contributed by atoms with E-state index in [1.165, 1.54) is 6.07 Å². The number of nitrogens with one attached hydrogen (secondary N) is 1. The van der Waals surface area contributed by atoms with E-state index in [1.807, 2.05) is 6.92 Å². The molecule has 0 spiro atoms. The maximum atomic E-state index is 11.8. The molecule has 0 bridgehead atoms. The second kappa shape index (κ2) is 5.82. The first-order valence-corrected chi connectivity index (χ1v) is 6.48. The standard InChI is InChI=1S/C9H10Cl2N2OS2/c1-2-5(8(12)15)13-9(14)4-3-6(10)16-7(4)11/h3,5H,2H2,1H3,(H2,12,15)(H,13,14). The van der Waals surface area contributed by atoms with Crippen molar-refractivity contribution in [3.8, 4) is 0 Å². The minimum absolute atomic E-state index is 0.258. The first kappa shape index (κ1) is 13.7. The number of halogens is 2. The molecule has 0 fully saturated rings. The lowest BCUT2D eigenvalue weighted by atomic mass is 10.2. The summed E-state index contributed by atoms with van der Waals surface area (Å²) in [5.41, 5.74) is 5.83.